The minimum atomic E-state index is -1.92. The number of ether oxygens (including phenoxy) is 2. The van der Waals surface area contributed by atoms with E-state index in [1.807, 2.05) is 20.8 Å². The van der Waals surface area contributed by atoms with Crippen molar-refractivity contribution < 1.29 is 24.5 Å². The highest BCUT2D eigenvalue weighted by Gasteiger charge is 2.45. The first-order chi connectivity index (χ1) is 15.9. The summed E-state index contributed by atoms with van der Waals surface area (Å²) in [5, 5.41) is 30.4. The summed E-state index contributed by atoms with van der Waals surface area (Å²) in [7, 11) is 0. The Hall–Kier alpha value is -3.72. The van der Waals surface area contributed by atoms with Gasteiger partial charge in [-0.2, -0.15) is 0 Å². The second kappa shape index (κ2) is 7.14. The number of aromatic nitrogens is 2. The molecule has 1 aromatic carbocycles. The van der Waals surface area contributed by atoms with Gasteiger partial charge in [-0.25, -0.2) is 9.78 Å². The lowest BCUT2D eigenvalue weighted by atomic mass is 9.86. The first-order valence-corrected chi connectivity index (χ1v) is 11.1. The van der Waals surface area contributed by atoms with Gasteiger partial charge in [-0.3, -0.25) is 10.2 Å². The van der Waals surface area contributed by atoms with Gasteiger partial charge >= 0.3 is 5.97 Å². The fraction of sp³-hybridized carbons (Fsp3) is 0.360. The van der Waals surface area contributed by atoms with Crippen LogP contribution in [-0.4, -0.2) is 37.2 Å². The number of benzene rings is 1. The predicted octanol–water partition coefficient (Wildman–Crippen LogP) is 2.93. The molecular formula is C25H25N3O6. The van der Waals surface area contributed by atoms with E-state index in [1.165, 1.54) is 16.7 Å². The summed E-state index contributed by atoms with van der Waals surface area (Å²) in [6.07, 6.45) is 0.0499. The zero-order valence-corrected chi connectivity index (χ0v) is 19.4. The molecule has 0 bridgehead atoms. The molecule has 3 aromatic rings. The molecule has 9 nitrogen and oxygen atoms in total. The predicted molar refractivity (Wildman–Crippen MR) is 124 cm³/mol. The summed E-state index contributed by atoms with van der Waals surface area (Å²) < 4.78 is 12.5. The van der Waals surface area contributed by atoms with E-state index < -0.39 is 17.2 Å². The summed E-state index contributed by atoms with van der Waals surface area (Å²) in [5.74, 6) is -0.866. The van der Waals surface area contributed by atoms with Crippen LogP contribution in [0.1, 0.15) is 56.4 Å². The lowest BCUT2D eigenvalue weighted by Gasteiger charge is -2.31. The SMILES string of the molecule is CCC1(O)C(=O)OCc2c1cc1n(c2=O)Cc2c-1nc1ccc(O)cc1c2C(=N)OC(C)(C)C. The van der Waals surface area contributed by atoms with Crippen LogP contribution in [0.15, 0.2) is 29.1 Å². The Kier molecular flexibility index (Phi) is 4.64. The van der Waals surface area contributed by atoms with Crippen molar-refractivity contribution >= 4 is 22.8 Å². The van der Waals surface area contributed by atoms with Crippen molar-refractivity contribution in [3.05, 3.63) is 56.9 Å². The number of aliphatic hydroxyl groups is 1. The van der Waals surface area contributed by atoms with Crippen molar-refractivity contribution in [2.45, 2.75) is 58.5 Å². The molecule has 1 unspecified atom stereocenters. The third kappa shape index (κ3) is 3.11. The molecular weight excluding hydrogens is 438 g/mol. The lowest BCUT2D eigenvalue weighted by molar-refractivity contribution is -0.172. The van der Waals surface area contributed by atoms with E-state index in [9.17, 15) is 19.8 Å². The zero-order chi connectivity index (χ0) is 24.6. The minimum Gasteiger partial charge on any atom is -0.508 e. The second-order valence-corrected chi connectivity index (χ2v) is 9.66. The Morgan fingerprint density at radius 1 is 1.26 bits per heavy atom. The number of hydrogen-bond acceptors (Lipinski definition) is 8. The molecule has 2 aromatic heterocycles. The molecule has 2 aliphatic rings. The van der Waals surface area contributed by atoms with Gasteiger partial charge in [-0.15, -0.1) is 0 Å². The standard InChI is InChI=1S/C25H25N3O6/c1-5-25(32)16-9-18-20-14(10-28(18)22(30)15(16)11-33-23(25)31)19(21(26)34-24(2,3)4)13-8-12(29)6-7-17(13)27-20/h6-9,26,29,32H,5,10-11H2,1-4H3. The van der Waals surface area contributed by atoms with Gasteiger partial charge in [0.2, 0.25) is 5.90 Å². The molecule has 34 heavy (non-hydrogen) atoms. The number of phenolic OH excluding ortho intramolecular Hbond substituents is 1. The van der Waals surface area contributed by atoms with E-state index in [1.54, 1.807) is 19.1 Å². The molecule has 0 saturated heterocycles. The second-order valence-electron chi connectivity index (χ2n) is 9.66. The average Bonchev–Trinajstić information content (AvgIpc) is 3.12. The smallest absolute Gasteiger partial charge is 0.343 e. The van der Waals surface area contributed by atoms with Gasteiger partial charge in [0.1, 0.15) is 18.0 Å². The quantitative estimate of drug-likeness (QED) is 0.236. The maximum Gasteiger partial charge on any atom is 0.343 e. The van der Waals surface area contributed by atoms with Crippen molar-refractivity contribution in [1.29, 1.82) is 5.41 Å². The average molecular weight is 463 g/mol. The summed E-state index contributed by atoms with van der Waals surface area (Å²) in [5.41, 5.74) is -0.0394. The Bertz CT molecular complexity index is 1470. The minimum absolute atomic E-state index is 0.0193. The number of carbonyl (C=O) groups excluding carboxylic acids is 1. The first-order valence-electron chi connectivity index (χ1n) is 11.1. The van der Waals surface area contributed by atoms with Crippen LogP contribution in [0.25, 0.3) is 22.3 Å². The maximum absolute atomic E-state index is 13.4. The maximum atomic E-state index is 13.4. The van der Waals surface area contributed by atoms with Gasteiger partial charge in [0, 0.05) is 16.5 Å². The highest BCUT2D eigenvalue weighted by Crippen LogP contribution is 2.41. The lowest BCUT2D eigenvalue weighted by Crippen LogP contribution is -2.44. The van der Waals surface area contributed by atoms with Crippen LogP contribution < -0.4 is 5.56 Å². The van der Waals surface area contributed by atoms with Gasteiger partial charge in [0.05, 0.1) is 34.6 Å². The van der Waals surface area contributed by atoms with E-state index >= 15 is 0 Å². The number of rotatable bonds is 2. The van der Waals surface area contributed by atoms with Crippen molar-refractivity contribution in [3.8, 4) is 17.1 Å². The number of phenols is 1. The van der Waals surface area contributed by atoms with Crippen molar-refractivity contribution in [1.82, 2.24) is 9.55 Å². The number of aromatic hydroxyl groups is 1. The van der Waals surface area contributed by atoms with Gasteiger partial charge in [-0.05, 0) is 51.5 Å². The molecule has 0 spiro atoms. The van der Waals surface area contributed by atoms with E-state index in [0.29, 0.717) is 33.4 Å². The van der Waals surface area contributed by atoms with Crippen LogP contribution in [0.3, 0.4) is 0 Å². The van der Waals surface area contributed by atoms with Crippen LogP contribution in [0.2, 0.25) is 0 Å². The normalized spacial score (nSPS) is 18.8. The summed E-state index contributed by atoms with van der Waals surface area (Å²) in [6, 6.07) is 6.29. The molecule has 1 atom stereocenters. The number of cyclic esters (lactones) is 1. The number of hydrogen-bond donors (Lipinski definition) is 3. The van der Waals surface area contributed by atoms with E-state index in [0.717, 1.165) is 0 Å². The Morgan fingerprint density at radius 2 is 2.00 bits per heavy atom. The largest absolute Gasteiger partial charge is 0.508 e. The van der Waals surface area contributed by atoms with E-state index in [4.69, 9.17) is 19.9 Å². The van der Waals surface area contributed by atoms with Crippen molar-refractivity contribution in [2.24, 2.45) is 0 Å². The number of fused-ring (bicyclic) bond motifs is 5. The summed E-state index contributed by atoms with van der Waals surface area (Å²) >= 11 is 0. The number of nitrogens with one attached hydrogen (secondary N) is 1. The van der Waals surface area contributed by atoms with Crippen LogP contribution in [0, 0.1) is 5.41 Å². The summed E-state index contributed by atoms with van der Waals surface area (Å²) in [4.78, 5) is 30.6. The molecule has 0 radical (unpaired) electrons. The molecule has 2 aliphatic heterocycles. The zero-order valence-electron chi connectivity index (χ0n) is 19.4. The number of nitrogens with zero attached hydrogens (tertiary/aromatic N) is 2. The fourth-order valence-electron chi connectivity index (χ4n) is 4.68. The number of pyridine rings is 2. The first kappa shape index (κ1) is 22.1. The van der Waals surface area contributed by atoms with Gasteiger partial charge in [-0.1, -0.05) is 6.92 Å². The van der Waals surface area contributed by atoms with Crippen molar-refractivity contribution in [2.75, 3.05) is 0 Å². The monoisotopic (exact) mass is 463 g/mol. The number of carbonyl (C=O) groups is 1. The molecule has 0 amide bonds. The van der Waals surface area contributed by atoms with Crippen molar-refractivity contribution in [3.63, 3.8) is 0 Å². The van der Waals surface area contributed by atoms with Crippen LogP contribution >= 0.6 is 0 Å². The molecule has 0 fully saturated rings. The molecule has 0 saturated carbocycles. The Morgan fingerprint density at radius 3 is 2.68 bits per heavy atom. The van der Waals surface area contributed by atoms with Crippen LogP contribution in [0.4, 0.5) is 0 Å². The molecule has 4 heterocycles. The summed E-state index contributed by atoms with van der Waals surface area (Å²) in [6.45, 7) is 7.05. The Labute approximate surface area is 195 Å². The van der Waals surface area contributed by atoms with Gasteiger partial charge in [0.25, 0.3) is 5.56 Å². The van der Waals surface area contributed by atoms with Crippen LogP contribution in [-0.2, 0) is 33.0 Å². The van der Waals surface area contributed by atoms with E-state index in [-0.39, 0.29) is 47.9 Å². The van der Waals surface area contributed by atoms with Crippen LogP contribution in [0.5, 0.6) is 5.75 Å². The van der Waals surface area contributed by atoms with E-state index in [2.05, 4.69) is 0 Å². The number of esters is 1. The van der Waals surface area contributed by atoms with Gasteiger partial charge in [0.15, 0.2) is 5.60 Å². The highest BCUT2D eigenvalue weighted by molar-refractivity contribution is 6.08. The van der Waals surface area contributed by atoms with Gasteiger partial charge < -0.3 is 24.3 Å². The molecule has 5 rings (SSSR count). The third-order valence-electron chi connectivity index (χ3n) is 6.31. The fourth-order valence-corrected chi connectivity index (χ4v) is 4.68. The molecule has 3 N–H and O–H groups in total. The topological polar surface area (TPSA) is 135 Å². The Balaban J connectivity index is 1.81. The molecule has 9 heteroatoms. The highest BCUT2D eigenvalue weighted by atomic mass is 16.6. The molecule has 176 valence electrons. The third-order valence-corrected chi connectivity index (χ3v) is 6.31. The molecule has 0 aliphatic carbocycles.